The highest BCUT2D eigenvalue weighted by Gasteiger charge is 2.31. The van der Waals surface area contributed by atoms with Gasteiger partial charge in [-0.1, -0.05) is 17.3 Å². The van der Waals surface area contributed by atoms with Crippen molar-refractivity contribution < 1.29 is 17.3 Å². The van der Waals surface area contributed by atoms with Gasteiger partial charge in [0.15, 0.2) is 11.5 Å². The summed E-state index contributed by atoms with van der Waals surface area (Å²) in [6, 6.07) is 7.36. The van der Waals surface area contributed by atoms with Gasteiger partial charge in [0.2, 0.25) is 10.0 Å². The first-order valence-corrected chi connectivity index (χ1v) is 11.9. The molecule has 0 radical (unpaired) electrons. The lowest BCUT2D eigenvalue weighted by Crippen LogP contribution is -2.48. The lowest BCUT2D eigenvalue weighted by atomic mass is 10.3. The molecular formula is C21H22FN7O3S. The van der Waals surface area contributed by atoms with Crippen molar-refractivity contribution in [1.29, 1.82) is 0 Å². The van der Waals surface area contributed by atoms with Gasteiger partial charge in [0.1, 0.15) is 16.3 Å². The molecule has 1 saturated heterocycles. The van der Waals surface area contributed by atoms with E-state index >= 15 is 0 Å². The third kappa shape index (κ3) is 4.01. The van der Waals surface area contributed by atoms with Gasteiger partial charge in [-0.3, -0.25) is 4.90 Å². The zero-order chi connectivity index (χ0) is 23.2. The lowest BCUT2D eigenvalue weighted by molar-refractivity contribution is 0.176. The lowest BCUT2D eigenvalue weighted by Gasteiger charge is -2.33. The van der Waals surface area contributed by atoms with E-state index in [9.17, 15) is 12.8 Å². The Morgan fingerprint density at radius 2 is 1.85 bits per heavy atom. The second-order valence-corrected chi connectivity index (χ2v) is 9.87. The first-order chi connectivity index (χ1) is 15.8. The summed E-state index contributed by atoms with van der Waals surface area (Å²) in [5.41, 5.74) is 3.12. The maximum absolute atomic E-state index is 14.0. The third-order valence-corrected chi connectivity index (χ3v) is 7.56. The fourth-order valence-corrected chi connectivity index (χ4v) is 5.46. The SMILES string of the molecule is Cc1cc(C)n2ncc(-c3nc(CN4CCN(S(=O)(=O)c5ccccc5F)CC4)no3)c2n1. The Morgan fingerprint density at radius 3 is 2.61 bits per heavy atom. The molecule has 10 nitrogen and oxygen atoms in total. The van der Waals surface area contributed by atoms with Crippen molar-refractivity contribution in [3.63, 3.8) is 0 Å². The number of aromatic nitrogens is 5. The topological polar surface area (TPSA) is 110 Å². The third-order valence-electron chi connectivity index (χ3n) is 5.63. The minimum atomic E-state index is -3.88. The standard InChI is InChI=1S/C21H22FN7O3S/c1-14-11-15(2)29-20(24-14)16(12-23-29)21-25-19(26-32-21)13-27-7-9-28(10-8-27)33(30,31)18-6-4-3-5-17(18)22/h3-6,11-12H,7-10,13H2,1-2H3. The Labute approximate surface area is 189 Å². The van der Waals surface area contributed by atoms with Crippen LogP contribution in [0.5, 0.6) is 0 Å². The Bertz CT molecular complexity index is 1420. The molecule has 12 heteroatoms. The number of rotatable bonds is 5. The van der Waals surface area contributed by atoms with E-state index in [-0.39, 0.29) is 18.0 Å². The Balaban J connectivity index is 1.27. The van der Waals surface area contributed by atoms with Crippen LogP contribution < -0.4 is 0 Å². The summed E-state index contributed by atoms with van der Waals surface area (Å²) in [7, 11) is -3.88. The molecule has 0 bridgehead atoms. The van der Waals surface area contributed by atoms with Crippen LogP contribution in [0.15, 0.2) is 45.9 Å². The number of hydrogen-bond acceptors (Lipinski definition) is 8. The van der Waals surface area contributed by atoms with Crippen molar-refractivity contribution >= 4 is 15.7 Å². The van der Waals surface area contributed by atoms with Gasteiger partial charge in [0.05, 0.1) is 12.7 Å². The quantitative estimate of drug-likeness (QED) is 0.435. The van der Waals surface area contributed by atoms with Crippen molar-refractivity contribution in [2.75, 3.05) is 26.2 Å². The maximum Gasteiger partial charge on any atom is 0.263 e. The second kappa shape index (κ2) is 8.28. The number of fused-ring (bicyclic) bond motifs is 1. The molecule has 0 spiro atoms. The van der Waals surface area contributed by atoms with Gasteiger partial charge in [-0.05, 0) is 32.0 Å². The largest absolute Gasteiger partial charge is 0.334 e. The highest BCUT2D eigenvalue weighted by atomic mass is 32.2. The van der Waals surface area contributed by atoms with Gasteiger partial charge >= 0.3 is 0 Å². The van der Waals surface area contributed by atoms with Crippen LogP contribution in [0.2, 0.25) is 0 Å². The number of sulfonamides is 1. The molecule has 0 aliphatic carbocycles. The van der Waals surface area contributed by atoms with Gasteiger partial charge in [0, 0.05) is 37.6 Å². The van der Waals surface area contributed by atoms with Crippen molar-refractivity contribution in [3.8, 4) is 11.5 Å². The van der Waals surface area contributed by atoms with E-state index in [1.807, 2.05) is 24.8 Å². The number of benzene rings is 1. The van der Waals surface area contributed by atoms with Crippen LogP contribution in [0.1, 0.15) is 17.2 Å². The van der Waals surface area contributed by atoms with Gasteiger partial charge < -0.3 is 4.52 Å². The highest BCUT2D eigenvalue weighted by Crippen LogP contribution is 2.24. The number of hydrogen-bond donors (Lipinski definition) is 0. The fourth-order valence-electron chi connectivity index (χ4n) is 3.97. The van der Waals surface area contributed by atoms with E-state index in [0.29, 0.717) is 42.6 Å². The molecule has 3 aromatic heterocycles. The molecule has 33 heavy (non-hydrogen) atoms. The van der Waals surface area contributed by atoms with Crippen LogP contribution in [-0.2, 0) is 16.6 Å². The van der Waals surface area contributed by atoms with E-state index < -0.39 is 15.8 Å². The molecule has 1 aliphatic rings. The predicted octanol–water partition coefficient (Wildman–Crippen LogP) is 2.04. The Kier molecular flexibility index (Phi) is 5.43. The number of nitrogens with zero attached hydrogens (tertiary/aromatic N) is 7. The summed E-state index contributed by atoms with van der Waals surface area (Å²) in [4.78, 5) is 10.8. The molecule has 172 valence electrons. The molecule has 1 fully saturated rings. The Hall–Kier alpha value is -3.22. The molecule has 4 heterocycles. The summed E-state index contributed by atoms with van der Waals surface area (Å²) in [6.45, 7) is 5.69. The fraction of sp³-hybridized carbons (Fsp3) is 0.333. The molecule has 4 aromatic rings. The monoisotopic (exact) mass is 471 g/mol. The van der Waals surface area contributed by atoms with Crippen LogP contribution in [0.4, 0.5) is 4.39 Å². The number of halogens is 1. The van der Waals surface area contributed by atoms with Crippen molar-refractivity contribution in [3.05, 3.63) is 59.6 Å². The average molecular weight is 472 g/mol. The van der Waals surface area contributed by atoms with Crippen LogP contribution in [0, 0.1) is 19.7 Å². The zero-order valence-electron chi connectivity index (χ0n) is 18.1. The van der Waals surface area contributed by atoms with E-state index in [0.717, 1.165) is 17.5 Å². The van der Waals surface area contributed by atoms with Crippen molar-refractivity contribution in [1.82, 2.24) is 33.9 Å². The number of aryl methyl sites for hydroxylation is 2. The van der Waals surface area contributed by atoms with Crippen LogP contribution in [0.25, 0.3) is 17.1 Å². The predicted molar refractivity (Wildman–Crippen MR) is 116 cm³/mol. The Morgan fingerprint density at radius 1 is 1.09 bits per heavy atom. The van der Waals surface area contributed by atoms with Gasteiger partial charge in [-0.2, -0.15) is 14.4 Å². The van der Waals surface area contributed by atoms with Gasteiger partial charge in [-0.15, -0.1) is 0 Å². The minimum absolute atomic E-state index is 0.248. The summed E-state index contributed by atoms with van der Waals surface area (Å²) < 4.78 is 48.0. The van der Waals surface area contributed by atoms with E-state index in [1.54, 1.807) is 10.7 Å². The molecule has 0 atom stereocenters. The van der Waals surface area contributed by atoms with Crippen molar-refractivity contribution in [2.45, 2.75) is 25.3 Å². The first-order valence-electron chi connectivity index (χ1n) is 10.4. The normalized spacial score (nSPS) is 16.0. The first kappa shape index (κ1) is 21.6. The van der Waals surface area contributed by atoms with Crippen LogP contribution in [-0.4, -0.2) is 68.5 Å². The molecular weight excluding hydrogens is 449 g/mol. The number of piperazine rings is 1. The molecule has 1 aromatic carbocycles. The van der Waals surface area contributed by atoms with E-state index in [4.69, 9.17) is 4.52 Å². The molecule has 1 aliphatic heterocycles. The van der Waals surface area contributed by atoms with Crippen LogP contribution >= 0.6 is 0 Å². The summed E-state index contributed by atoms with van der Waals surface area (Å²) in [6.07, 6.45) is 1.65. The molecule has 5 rings (SSSR count). The summed E-state index contributed by atoms with van der Waals surface area (Å²) in [5.74, 6) is 0.0734. The molecule has 0 saturated carbocycles. The summed E-state index contributed by atoms with van der Waals surface area (Å²) >= 11 is 0. The van der Waals surface area contributed by atoms with Gasteiger partial charge in [-0.25, -0.2) is 22.3 Å². The minimum Gasteiger partial charge on any atom is -0.334 e. The smallest absolute Gasteiger partial charge is 0.263 e. The summed E-state index contributed by atoms with van der Waals surface area (Å²) in [5, 5.41) is 8.42. The second-order valence-electron chi connectivity index (χ2n) is 7.96. The van der Waals surface area contributed by atoms with E-state index in [1.165, 1.54) is 22.5 Å². The highest BCUT2D eigenvalue weighted by molar-refractivity contribution is 7.89. The van der Waals surface area contributed by atoms with Crippen LogP contribution in [0.3, 0.4) is 0 Å². The maximum atomic E-state index is 14.0. The molecule has 0 unspecified atom stereocenters. The average Bonchev–Trinajstić information content (AvgIpc) is 3.41. The van der Waals surface area contributed by atoms with Crippen molar-refractivity contribution in [2.24, 2.45) is 0 Å². The van der Waals surface area contributed by atoms with Gasteiger partial charge in [0.25, 0.3) is 5.89 Å². The zero-order valence-corrected chi connectivity index (χ0v) is 19.0. The molecule has 0 amide bonds. The van der Waals surface area contributed by atoms with E-state index in [2.05, 4.69) is 20.2 Å². The molecule has 0 N–H and O–H groups in total.